The van der Waals surface area contributed by atoms with Gasteiger partial charge in [-0.15, -0.1) is 0 Å². The van der Waals surface area contributed by atoms with Crippen molar-refractivity contribution in [2.45, 2.75) is 26.4 Å². The van der Waals surface area contributed by atoms with Crippen LogP contribution >= 0.6 is 15.9 Å². The fourth-order valence-electron chi connectivity index (χ4n) is 2.28. The van der Waals surface area contributed by atoms with Crippen LogP contribution in [0, 0.1) is 5.92 Å². The standard InChI is InChI=1S/C15H23BrN2O2/c1-10(2)13(8-18(3)4)17-7-11-5-12(16)15-14(6-11)19-9-20-15/h5-6,10,13,17H,7-9H2,1-4H3. The summed E-state index contributed by atoms with van der Waals surface area (Å²) in [5.41, 5.74) is 1.20. The third kappa shape index (κ3) is 3.87. The van der Waals surface area contributed by atoms with Gasteiger partial charge in [0.05, 0.1) is 4.47 Å². The monoisotopic (exact) mass is 342 g/mol. The fraction of sp³-hybridized carbons (Fsp3) is 0.600. The maximum absolute atomic E-state index is 5.45. The Balaban J connectivity index is 2.01. The van der Waals surface area contributed by atoms with Gasteiger partial charge in [0.15, 0.2) is 11.5 Å². The van der Waals surface area contributed by atoms with E-state index in [1.807, 2.05) is 6.07 Å². The first-order valence-electron chi connectivity index (χ1n) is 6.93. The molecule has 0 aliphatic carbocycles. The molecule has 1 aromatic rings. The minimum Gasteiger partial charge on any atom is -0.454 e. The van der Waals surface area contributed by atoms with Gasteiger partial charge in [-0.2, -0.15) is 0 Å². The van der Waals surface area contributed by atoms with E-state index in [0.717, 1.165) is 29.1 Å². The maximum Gasteiger partial charge on any atom is 0.231 e. The highest BCUT2D eigenvalue weighted by Crippen LogP contribution is 2.39. The Hall–Kier alpha value is -0.780. The number of halogens is 1. The first kappa shape index (κ1) is 15.6. The highest BCUT2D eigenvalue weighted by molar-refractivity contribution is 9.10. The lowest BCUT2D eigenvalue weighted by Crippen LogP contribution is -2.41. The summed E-state index contributed by atoms with van der Waals surface area (Å²) in [4.78, 5) is 2.22. The number of rotatable bonds is 6. The van der Waals surface area contributed by atoms with E-state index in [0.29, 0.717) is 18.8 Å². The van der Waals surface area contributed by atoms with Crippen LogP contribution in [-0.2, 0) is 6.54 Å². The van der Waals surface area contributed by atoms with Crippen LogP contribution in [0.1, 0.15) is 19.4 Å². The van der Waals surface area contributed by atoms with Crippen LogP contribution < -0.4 is 14.8 Å². The first-order valence-corrected chi connectivity index (χ1v) is 7.72. The lowest BCUT2D eigenvalue weighted by Gasteiger charge is -2.26. The summed E-state index contributed by atoms with van der Waals surface area (Å²) in [6.45, 7) is 6.66. The second kappa shape index (κ2) is 6.78. The van der Waals surface area contributed by atoms with E-state index in [9.17, 15) is 0 Å². The Labute approximate surface area is 129 Å². The molecule has 1 heterocycles. The predicted molar refractivity (Wildman–Crippen MR) is 84.3 cm³/mol. The molecule has 0 radical (unpaired) electrons. The van der Waals surface area contributed by atoms with Gasteiger partial charge in [0, 0.05) is 19.1 Å². The van der Waals surface area contributed by atoms with E-state index >= 15 is 0 Å². The van der Waals surface area contributed by atoms with Gasteiger partial charge in [0.1, 0.15) is 0 Å². The minimum atomic E-state index is 0.306. The molecule has 1 aromatic carbocycles. The molecule has 0 saturated heterocycles. The average molecular weight is 343 g/mol. The summed E-state index contributed by atoms with van der Waals surface area (Å²) in [6.07, 6.45) is 0. The summed E-state index contributed by atoms with van der Waals surface area (Å²) < 4.78 is 11.8. The number of nitrogens with zero attached hydrogens (tertiary/aromatic N) is 1. The number of hydrogen-bond donors (Lipinski definition) is 1. The molecule has 1 atom stereocenters. The van der Waals surface area contributed by atoms with Gasteiger partial charge in [-0.25, -0.2) is 0 Å². The van der Waals surface area contributed by atoms with E-state index in [2.05, 4.69) is 60.2 Å². The molecule has 0 bridgehead atoms. The lowest BCUT2D eigenvalue weighted by atomic mass is 10.0. The van der Waals surface area contributed by atoms with E-state index in [1.165, 1.54) is 5.56 Å². The number of benzene rings is 1. The third-order valence-electron chi connectivity index (χ3n) is 3.42. The Kier molecular flexibility index (Phi) is 5.29. The Morgan fingerprint density at radius 2 is 2.05 bits per heavy atom. The topological polar surface area (TPSA) is 33.7 Å². The van der Waals surface area contributed by atoms with Gasteiger partial charge in [0.25, 0.3) is 0 Å². The van der Waals surface area contributed by atoms with Gasteiger partial charge >= 0.3 is 0 Å². The van der Waals surface area contributed by atoms with Crippen molar-refractivity contribution in [3.63, 3.8) is 0 Å². The Morgan fingerprint density at radius 3 is 2.70 bits per heavy atom. The van der Waals surface area contributed by atoms with Crippen molar-refractivity contribution in [1.29, 1.82) is 0 Å². The summed E-state index contributed by atoms with van der Waals surface area (Å²) in [5, 5.41) is 3.63. The van der Waals surface area contributed by atoms with E-state index in [4.69, 9.17) is 9.47 Å². The zero-order valence-corrected chi connectivity index (χ0v) is 14.2. The van der Waals surface area contributed by atoms with Crippen molar-refractivity contribution in [2.24, 2.45) is 5.92 Å². The molecule has 0 fully saturated rings. The zero-order valence-electron chi connectivity index (χ0n) is 12.6. The normalized spacial score (nSPS) is 15.2. The van der Waals surface area contributed by atoms with E-state index in [1.54, 1.807) is 0 Å². The molecule has 2 rings (SSSR count). The van der Waals surface area contributed by atoms with Gasteiger partial charge in [-0.1, -0.05) is 13.8 Å². The second-order valence-electron chi connectivity index (χ2n) is 5.81. The summed E-state index contributed by atoms with van der Waals surface area (Å²) >= 11 is 3.53. The minimum absolute atomic E-state index is 0.306. The maximum atomic E-state index is 5.45. The number of likely N-dealkylation sites (N-methyl/N-ethyl adjacent to an activating group) is 1. The SMILES string of the molecule is CC(C)C(CN(C)C)NCc1cc(Br)c2c(c1)OCO2. The van der Waals surface area contributed by atoms with Crippen LogP contribution in [0.2, 0.25) is 0 Å². The summed E-state index contributed by atoms with van der Waals surface area (Å²) in [5.74, 6) is 2.22. The molecule has 1 aliphatic heterocycles. The molecule has 20 heavy (non-hydrogen) atoms. The molecule has 4 nitrogen and oxygen atoms in total. The molecule has 1 N–H and O–H groups in total. The molecule has 112 valence electrons. The van der Waals surface area contributed by atoms with Crippen LogP contribution in [0.5, 0.6) is 11.5 Å². The third-order valence-corrected chi connectivity index (χ3v) is 4.01. The van der Waals surface area contributed by atoms with Crippen molar-refractivity contribution in [2.75, 3.05) is 27.4 Å². The molecule has 1 aliphatic rings. The molecule has 0 amide bonds. The van der Waals surface area contributed by atoms with Crippen LogP contribution in [0.3, 0.4) is 0 Å². The number of nitrogens with one attached hydrogen (secondary N) is 1. The molecule has 5 heteroatoms. The largest absolute Gasteiger partial charge is 0.454 e. The van der Waals surface area contributed by atoms with Gasteiger partial charge < -0.3 is 19.7 Å². The smallest absolute Gasteiger partial charge is 0.231 e. The Morgan fingerprint density at radius 1 is 1.30 bits per heavy atom. The molecular weight excluding hydrogens is 320 g/mol. The number of fused-ring (bicyclic) bond motifs is 1. The fourth-order valence-corrected chi connectivity index (χ4v) is 2.88. The number of ether oxygens (including phenoxy) is 2. The zero-order chi connectivity index (χ0) is 14.7. The van der Waals surface area contributed by atoms with Crippen molar-refractivity contribution < 1.29 is 9.47 Å². The lowest BCUT2D eigenvalue weighted by molar-refractivity contribution is 0.173. The quantitative estimate of drug-likeness (QED) is 0.861. The van der Waals surface area contributed by atoms with Crippen molar-refractivity contribution in [3.8, 4) is 11.5 Å². The predicted octanol–water partition coefficient (Wildman–Crippen LogP) is 2.85. The van der Waals surface area contributed by atoms with E-state index in [-0.39, 0.29) is 0 Å². The molecular formula is C15H23BrN2O2. The van der Waals surface area contributed by atoms with Crippen LogP contribution in [-0.4, -0.2) is 38.4 Å². The van der Waals surface area contributed by atoms with E-state index < -0.39 is 0 Å². The van der Waals surface area contributed by atoms with Gasteiger partial charge in [0.2, 0.25) is 6.79 Å². The first-order chi connectivity index (χ1) is 9.47. The average Bonchev–Trinajstić information content (AvgIpc) is 2.82. The Bertz CT molecular complexity index is 463. The molecule has 0 spiro atoms. The van der Waals surface area contributed by atoms with Crippen molar-refractivity contribution in [1.82, 2.24) is 10.2 Å². The number of hydrogen-bond acceptors (Lipinski definition) is 4. The summed E-state index contributed by atoms with van der Waals surface area (Å²) in [7, 11) is 4.21. The van der Waals surface area contributed by atoms with Gasteiger partial charge in [-0.3, -0.25) is 0 Å². The summed E-state index contributed by atoms with van der Waals surface area (Å²) in [6, 6.07) is 4.61. The van der Waals surface area contributed by atoms with Crippen molar-refractivity contribution in [3.05, 3.63) is 22.2 Å². The van der Waals surface area contributed by atoms with Crippen LogP contribution in [0.4, 0.5) is 0 Å². The highest BCUT2D eigenvalue weighted by atomic mass is 79.9. The second-order valence-corrected chi connectivity index (χ2v) is 6.66. The molecule has 0 aromatic heterocycles. The molecule has 0 saturated carbocycles. The van der Waals surface area contributed by atoms with Crippen LogP contribution in [0.25, 0.3) is 0 Å². The van der Waals surface area contributed by atoms with Gasteiger partial charge in [-0.05, 0) is 53.6 Å². The molecule has 1 unspecified atom stereocenters. The van der Waals surface area contributed by atoms with Crippen LogP contribution in [0.15, 0.2) is 16.6 Å². The highest BCUT2D eigenvalue weighted by Gasteiger charge is 2.19. The van der Waals surface area contributed by atoms with Crippen molar-refractivity contribution >= 4 is 15.9 Å².